The maximum absolute atomic E-state index is 12.8. The van der Waals surface area contributed by atoms with Crippen LogP contribution in [0.3, 0.4) is 0 Å². The Labute approximate surface area is 119 Å². The molecule has 0 aliphatic carbocycles. The van der Waals surface area contributed by atoms with Gasteiger partial charge in [-0.3, -0.25) is 4.79 Å². The van der Waals surface area contributed by atoms with E-state index in [0.29, 0.717) is 4.90 Å². The molecule has 0 fully saturated rings. The van der Waals surface area contributed by atoms with E-state index in [2.05, 4.69) is 0 Å². The van der Waals surface area contributed by atoms with E-state index in [1.165, 1.54) is 36.4 Å². The van der Waals surface area contributed by atoms with E-state index in [4.69, 9.17) is 0 Å². The summed E-state index contributed by atoms with van der Waals surface area (Å²) >= 11 is 0.761. The first-order valence-electron chi connectivity index (χ1n) is 5.62. The van der Waals surface area contributed by atoms with E-state index in [1.54, 1.807) is 12.1 Å². The Hall–Kier alpha value is -1.86. The second-order valence-electron chi connectivity index (χ2n) is 4.08. The van der Waals surface area contributed by atoms with Crippen molar-refractivity contribution < 1.29 is 17.6 Å². The van der Waals surface area contributed by atoms with Crippen LogP contribution >= 0.6 is 11.9 Å². The fraction of sp³-hybridized carbons (Fsp3) is 0. The fourth-order valence-electron chi connectivity index (χ4n) is 1.85. The lowest BCUT2D eigenvalue weighted by Gasteiger charge is -2.13. The van der Waals surface area contributed by atoms with Gasteiger partial charge in [0, 0.05) is 16.8 Å². The first kappa shape index (κ1) is 13.1. The highest BCUT2D eigenvalue weighted by atomic mass is 32.3. The average Bonchev–Trinajstić information content (AvgIpc) is 2.63. The second-order valence-corrected chi connectivity index (χ2v) is 7.08. The minimum absolute atomic E-state index is 0.000360. The van der Waals surface area contributed by atoms with Crippen molar-refractivity contribution in [1.29, 1.82) is 0 Å². The molecule has 102 valence electrons. The molecule has 0 atom stereocenters. The molecule has 1 amide bonds. The molecule has 20 heavy (non-hydrogen) atoms. The van der Waals surface area contributed by atoms with E-state index in [1.807, 2.05) is 0 Å². The minimum Gasteiger partial charge on any atom is -0.267 e. The Balaban J connectivity index is 2.00. The number of sulfonamides is 1. The zero-order valence-corrected chi connectivity index (χ0v) is 11.6. The molecule has 0 saturated heterocycles. The van der Waals surface area contributed by atoms with Gasteiger partial charge < -0.3 is 0 Å². The Bertz CT molecular complexity index is 788. The number of rotatable bonds is 2. The lowest BCUT2D eigenvalue weighted by molar-refractivity contribution is 0.0934. The summed E-state index contributed by atoms with van der Waals surface area (Å²) in [5, 5.41) is 0. The lowest BCUT2D eigenvalue weighted by Crippen LogP contribution is -2.22. The largest absolute Gasteiger partial charge is 0.279 e. The number of hydrogen-bond acceptors (Lipinski definition) is 4. The maximum atomic E-state index is 12.8. The highest BCUT2D eigenvalue weighted by molar-refractivity contribution is 8.09. The molecule has 0 saturated carbocycles. The van der Waals surface area contributed by atoms with Gasteiger partial charge in [-0.15, -0.1) is 0 Å². The van der Waals surface area contributed by atoms with Gasteiger partial charge in [0.15, 0.2) is 0 Å². The summed E-state index contributed by atoms with van der Waals surface area (Å²) in [6.45, 7) is 0. The van der Waals surface area contributed by atoms with Gasteiger partial charge in [-0.1, -0.05) is 12.1 Å². The first-order valence-corrected chi connectivity index (χ1v) is 7.84. The van der Waals surface area contributed by atoms with Gasteiger partial charge in [-0.2, -0.15) is 3.71 Å². The SMILES string of the molecule is O=C1c2ccccc2S(=O)(=O)N1Sc1ccc(F)cc1. The van der Waals surface area contributed by atoms with Gasteiger partial charge in [-0.05, 0) is 36.4 Å². The predicted octanol–water partition coefficient (Wildman–Crippen LogP) is 2.68. The van der Waals surface area contributed by atoms with Gasteiger partial charge in [0.05, 0.1) is 5.56 Å². The van der Waals surface area contributed by atoms with Gasteiger partial charge in [0.1, 0.15) is 10.7 Å². The normalized spacial score (nSPS) is 16.2. The van der Waals surface area contributed by atoms with Gasteiger partial charge in [0.2, 0.25) is 0 Å². The van der Waals surface area contributed by atoms with Crippen molar-refractivity contribution in [2.24, 2.45) is 0 Å². The topological polar surface area (TPSA) is 54.5 Å². The highest BCUT2D eigenvalue weighted by Crippen LogP contribution is 2.38. The second kappa shape index (κ2) is 4.60. The maximum Gasteiger partial charge on any atom is 0.279 e. The highest BCUT2D eigenvalue weighted by Gasteiger charge is 2.41. The quantitative estimate of drug-likeness (QED) is 0.800. The number of nitrogens with zero attached hydrogens (tertiary/aromatic N) is 1. The minimum atomic E-state index is -3.85. The number of benzene rings is 2. The molecule has 0 N–H and O–H groups in total. The molecule has 0 aromatic heterocycles. The van der Waals surface area contributed by atoms with Crippen molar-refractivity contribution in [2.75, 3.05) is 0 Å². The summed E-state index contributed by atoms with van der Waals surface area (Å²) in [7, 11) is -3.85. The molecular formula is C13H8FNO3S2. The van der Waals surface area contributed by atoms with E-state index in [9.17, 15) is 17.6 Å². The molecule has 3 rings (SSSR count). The summed E-state index contributed by atoms with van der Waals surface area (Å²) in [6, 6.07) is 11.3. The summed E-state index contributed by atoms with van der Waals surface area (Å²) in [4.78, 5) is 12.6. The number of amides is 1. The third kappa shape index (κ3) is 1.99. The van der Waals surface area contributed by atoms with E-state index in [0.717, 1.165) is 15.7 Å². The number of carbonyl (C=O) groups is 1. The number of halogens is 1. The van der Waals surface area contributed by atoms with Crippen LogP contribution in [0, 0.1) is 5.82 Å². The molecule has 1 aliphatic heterocycles. The Morgan fingerprint density at radius 2 is 1.65 bits per heavy atom. The Morgan fingerprint density at radius 3 is 2.30 bits per heavy atom. The van der Waals surface area contributed by atoms with Crippen molar-refractivity contribution >= 4 is 27.9 Å². The van der Waals surface area contributed by atoms with Gasteiger partial charge in [-0.25, -0.2) is 12.8 Å². The number of hydrogen-bond donors (Lipinski definition) is 0. The van der Waals surface area contributed by atoms with Crippen LogP contribution in [0.15, 0.2) is 58.3 Å². The molecule has 0 radical (unpaired) electrons. The molecule has 0 unspecified atom stereocenters. The van der Waals surface area contributed by atoms with Crippen molar-refractivity contribution in [3.05, 3.63) is 59.9 Å². The molecule has 4 nitrogen and oxygen atoms in total. The summed E-state index contributed by atoms with van der Waals surface area (Å²) in [5.41, 5.74) is 0.155. The molecule has 1 aliphatic rings. The smallest absolute Gasteiger partial charge is 0.267 e. The number of fused-ring (bicyclic) bond motifs is 1. The van der Waals surface area contributed by atoms with Crippen LogP contribution in [0.4, 0.5) is 4.39 Å². The predicted molar refractivity (Wildman–Crippen MR) is 72.1 cm³/mol. The summed E-state index contributed by atoms with van der Waals surface area (Å²) in [6.07, 6.45) is 0. The molecule has 2 aromatic carbocycles. The lowest BCUT2D eigenvalue weighted by atomic mass is 10.2. The molecule has 7 heteroatoms. The standard InChI is InChI=1S/C13H8FNO3S2/c14-9-5-7-10(8-6-9)19-15-13(16)11-3-1-2-4-12(11)20(15,17)18/h1-8H. The van der Waals surface area contributed by atoms with Crippen LogP contribution in [0.1, 0.15) is 10.4 Å². The summed E-state index contributed by atoms with van der Waals surface area (Å²) < 4.78 is 38.1. The summed E-state index contributed by atoms with van der Waals surface area (Å²) in [5.74, 6) is -1.01. The van der Waals surface area contributed by atoms with Crippen LogP contribution in [0.5, 0.6) is 0 Å². The van der Waals surface area contributed by atoms with Gasteiger partial charge in [0.25, 0.3) is 15.9 Å². The van der Waals surface area contributed by atoms with Crippen LogP contribution in [-0.2, 0) is 10.0 Å². The first-order chi connectivity index (χ1) is 9.50. The zero-order chi connectivity index (χ0) is 14.3. The molecule has 1 heterocycles. The van der Waals surface area contributed by atoms with Crippen LogP contribution in [0.2, 0.25) is 0 Å². The van der Waals surface area contributed by atoms with Crippen molar-refractivity contribution in [2.45, 2.75) is 9.79 Å². The van der Waals surface area contributed by atoms with E-state index < -0.39 is 21.7 Å². The third-order valence-corrected chi connectivity index (χ3v) is 5.92. The van der Waals surface area contributed by atoms with E-state index >= 15 is 0 Å². The Morgan fingerprint density at radius 1 is 1.00 bits per heavy atom. The van der Waals surface area contributed by atoms with Crippen LogP contribution in [0.25, 0.3) is 0 Å². The zero-order valence-electron chi connectivity index (χ0n) is 9.99. The molecule has 2 aromatic rings. The van der Waals surface area contributed by atoms with Crippen LogP contribution < -0.4 is 0 Å². The molecule has 0 bridgehead atoms. The van der Waals surface area contributed by atoms with Crippen molar-refractivity contribution in [3.8, 4) is 0 Å². The van der Waals surface area contributed by atoms with Gasteiger partial charge >= 0.3 is 0 Å². The van der Waals surface area contributed by atoms with Crippen molar-refractivity contribution in [3.63, 3.8) is 0 Å². The molecular weight excluding hydrogens is 301 g/mol. The van der Waals surface area contributed by atoms with E-state index in [-0.39, 0.29) is 10.5 Å². The van der Waals surface area contributed by atoms with Crippen molar-refractivity contribution in [1.82, 2.24) is 3.71 Å². The number of carbonyl (C=O) groups excluding carboxylic acids is 1. The fourth-order valence-corrected chi connectivity index (χ4v) is 4.55. The Kier molecular flexibility index (Phi) is 3.02. The third-order valence-electron chi connectivity index (χ3n) is 2.78. The average molecular weight is 309 g/mol. The monoisotopic (exact) mass is 309 g/mol. The molecule has 0 spiro atoms. The van der Waals surface area contributed by atoms with Crippen LogP contribution in [-0.4, -0.2) is 18.0 Å².